The summed E-state index contributed by atoms with van der Waals surface area (Å²) in [6, 6.07) is 0.891. The molecule has 0 bridgehead atoms. The van der Waals surface area contributed by atoms with Gasteiger partial charge in [0.2, 0.25) is 5.43 Å². The molecule has 0 fully saturated rings. The summed E-state index contributed by atoms with van der Waals surface area (Å²) in [5, 5.41) is 8.18. The molecule has 1 rings (SSSR count). The average Bonchev–Trinajstić information content (AvgIpc) is 1.68. The maximum absolute atomic E-state index is 9.89. The van der Waals surface area contributed by atoms with E-state index >= 15 is 0 Å². The molecule has 4 heteroatoms. The Bertz CT molecular complexity index is 245. The Morgan fingerprint density at radius 3 is 1.88 bits per heavy atom. The van der Waals surface area contributed by atoms with Crippen molar-refractivity contribution in [1.82, 2.24) is 0 Å². The summed E-state index contributed by atoms with van der Waals surface area (Å²) >= 11 is 0. The summed E-state index contributed by atoms with van der Waals surface area (Å²) in [5.74, 6) is -0.426. The van der Waals surface area contributed by atoms with Crippen molar-refractivity contribution in [2.75, 3.05) is 0 Å². The SMILES string of the molecule is O=c1cc(O)c1=O.[K+]. The van der Waals surface area contributed by atoms with Gasteiger partial charge in [0, 0.05) is 6.07 Å². The molecule has 0 aliphatic heterocycles. The second-order valence-corrected chi connectivity index (χ2v) is 1.22. The molecule has 36 valence electrons. The van der Waals surface area contributed by atoms with Crippen LogP contribution in [0.5, 0.6) is 5.75 Å². The molecule has 1 N–H and O–H groups in total. The van der Waals surface area contributed by atoms with Crippen LogP contribution in [-0.4, -0.2) is 5.11 Å². The van der Waals surface area contributed by atoms with Gasteiger partial charge in [-0.05, 0) is 0 Å². The molecular formula is C4H2KO3+. The first kappa shape index (κ1) is 8.52. The minimum Gasteiger partial charge on any atom is -0.504 e. The molecule has 0 radical (unpaired) electrons. The summed E-state index contributed by atoms with van der Waals surface area (Å²) in [6.45, 7) is 0. The van der Waals surface area contributed by atoms with Crippen LogP contribution in [-0.2, 0) is 0 Å². The molecule has 3 nitrogen and oxygen atoms in total. The van der Waals surface area contributed by atoms with Crippen molar-refractivity contribution in [2.24, 2.45) is 0 Å². The molecule has 0 aliphatic rings. The number of hydrogen-bond donors (Lipinski definition) is 1. The molecule has 0 aromatic heterocycles. The predicted molar refractivity (Wildman–Crippen MR) is 23.0 cm³/mol. The van der Waals surface area contributed by atoms with Gasteiger partial charge >= 0.3 is 51.4 Å². The number of aromatic hydroxyl groups is 1. The Hall–Kier alpha value is 0.516. The van der Waals surface area contributed by atoms with Crippen LogP contribution in [0.4, 0.5) is 0 Å². The summed E-state index contributed by atoms with van der Waals surface area (Å²) < 4.78 is 0. The maximum Gasteiger partial charge on any atom is 1.00 e. The molecule has 0 spiro atoms. The fourth-order valence-corrected chi connectivity index (χ4v) is 0.304. The fourth-order valence-electron chi connectivity index (χ4n) is 0.304. The first-order valence-corrected chi connectivity index (χ1v) is 1.71. The molecule has 0 heterocycles. The summed E-state index contributed by atoms with van der Waals surface area (Å²) in [4.78, 5) is 19.7. The minimum atomic E-state index is -0.778. The Labute approximate surface area is 87.5 Å². The summed E-state index contributed by atoms with van der Waals surface area (Å²) in [7, 11) is 0. The van der Waals surface area contributed by atoms with E-state index < -0.39 is 16.6 Å². The molecule has 0 atom stereocenters. The van der Waals surface area contributed by atoms with Gasteiger partial charge in [0.15, 0.2) is 5.75 Å². The van der Waals surface area contributed by atoms with Crippen LogP contribution in [0.25, 0.3) is 0 Å². The third-order valence-corrected chi connectivity index (χ3v) is 0.724. The van der Waals surface area contributed by atoms with Crippen LogP contribution in [0, 0.1) is 0 Å². The standard InChI is InChI=1S/C4H2O3.K/c5-2-1-3(6)4(2)7;/h1,5H;/q;+1. The van der Waals surface area contributed by atoms with Crippen molar-refractivity contribution in [3.8, 4) is 5.75 Å². The van der Waals surface area contributed by atoms with E-state index in [1.165, 1.54) is 0 Å². The van der Waals surface area contributed by atoms with Crippen molar-refractivity contribution in [2.45, 2.75) is 0 Å². The van der Waals surface area contributed by atoms with Crippen molar-refractivity contribution in [3.05, 3.63) is 26.5 Å². The Morgan fingerprint density at radius 2 is 1.88 bits per heavy atom. The zero-order chi connectivity index (χ0) is 5.44. The first-order chi connectivity index (χ1) is 3.22. The van der Waals surface area contributed by atoms with Crippen molar-refractivity contribution >= 4 is 0 Å². The van der Waals surface area contributed by atoms with E-state index in [0.29, 0.717) is 0 Å². The van der Waals surface area contributed by atoms with Gasteiger partial charge in [-0.25, -0.2) is 0 Å². The molecule has 1 aromatic carbocycles. The third kappa shape index (κ3) is 1.27. The van der Waals surface area contributed by atoms with Gasteiger partial charge < -0.3 is 5.11 Å². The van der Waals surface area contributed by atoms with E-state index in [1.807, 2.05) is 0 Å². The normalized spacial score (nSPS) is 8.50. The van der Waals surface area contributed by atoms with E-state index in [1.54, 1.807) is 0 Å². The Morgan fingerprint density at radius 1 is 1.38 bits per heavy atom. The molecule has 0 saturated heterocycles. The second-order valence-electron chi connectivity index (χ2n) is 1.22. The van der Waals surface area contributed by atoms with E-state index in [-0.39, 0.29) is 51.4 Å². The van der Waals surface area contributed by atoms with Gasteiger partial charge in [-0.2, -0.15) is 0 Å². The zero-order valence-corrected chi connectivity index (χ0v) is 7.46. The van der Waals surface area contributed by atoms with Crippen molar-refractivity contribution < 1.29 is 56.5 Å². The van der Waals surface area contributed by atoms with E-state index in [4.69, 9.17) is 5.11 Å². The molecule has 0 amide bonds. The van der Waals surface area contributed by atoms with Gasteiger partial charge in [0.1, 0.15) is 0 Å². The minimum absolute atomic E-state index is 0. The van der Waals surface area contributed by atoms with Crippen molar-refractivity contribution in [1.29, 1.82) is 0 Å². The van der Waals surface area contributed by atoms with Crippen LogP contribution in [0.15, 0.2) is 15.7 Å². The van der Waals surface area contributed by atoms with E-state index in [0.717, 1.165) is 6.07 Å². The van der Waals surface area contributed by atoms with Gasteiger partial charge in [-0.1, -0.05) is 0 Å². The largest absolute Gasteiger partial charge is 1.00 e. The van der Waals surface area contributed by atoms with Crippen LogP contribution in [0.2, 0.25) is 0 Å². The smallest absolute Gasteiger partial charge is 0.504 e. The fraction of sp³-hybridized carbons (Fsp3) is 0. The maximum atomic E-state index is 9.89. The van der Waals surface area contributed by atoms with Gasteiger partial charge in [-0.15, -0.1) is 0 Å². The molecular weight excluding hydrogens is 135 g/mol. The predicted octanol–water partition coefficient (Wildman–Crippen LogP) is -4.01. The Balaban J connectivity index is 0.000000490. The molecule has 1 aromatic rings. The second kappa shape index (κ2) is 2.89. The quantitative estimate of drug-likeness (QED) is 0.293. The van der Waals surface area contributed by atoms with E-state index in [2.05, 4.69) is 0 Å². The average molecular weight is 137 g/mol. The number of rotatable bonds is 0. The Kier molecular flexibility index (Phi) is 3.07. The van der Waals surface area contributed by atoms with Gasteiger partial charge in [-0.3, -0.25) is 9.59 Å². The van der Waals surface area contributed by atoms with Crippen LogP contribution in [0.3, 0.4) is 0 Å². The third-order valence-electron chi connectivity index (χ3n) is 0.724. The summed E-state index contributed by atoms with van der Waals surface area (Å²) in [6.07, 6.45) is 0. The van der Waals surface area contributed by atoms with E-state index in [9.17, 15) is 9.59 Å². The van der Waals surface area contributed by atoms with Gasteiger partial charge in [0.05, 0.1) is 0 Å². The molecule has 0 saturated carbocycles. The molecule has 0 aliphatic carbocycles. The summed E-state index contributed by atoms with van der Waals surface area (Å²) in [5.41, 5.74) is -1.39. The van der Waals surface area contributed by atoms with Gasteiger partial charge in [0.25, 0.3) is 5.43 Å². The topological polar surface area (TPSA) is 54.4 Å². The molecule has 0 unspecified atom stereocenters. The van der Waals surface area contributed by atoms with Crippen LogP contribution in [0.1, 0.15) is 0 Å². The van der Waals surface area contributed by atoms with Crippen LogP contribution < -0.4 is 62.2 Å². The molecule has 8 heavy (non-hydrogen) atoms. The zero-order valence-electron chi connectivity index (χ0n) is 4.34. The first-order valence-electron chi connectivity index (χ1n) is 1.71. The monoisotopic (exact) mass is 137 g/mol. The number of hydrogen-bond acceptors (Lipinski definition) is 3. The van der Waals surface area contributed by atoms with Crippen molar-refractivity contribution in [3.63, 3.8) is 0 Å². The van der Waals surface area contributed by atoms with Crippen LogP contribution >= 0.6 is 0 Å².